The van der Waals surface area contributed by atoms with Crippen LogP contribution in [0.15, 0.2) is 35.5 Å². The van der Waals surface area contributed by atoms with Crippen molar-refractivity contribution >= 4 is 29.4 Å². The number of nitrogens with zero attached hydrogens (tertiary/aromatic N) is 2. The second kappa shape index (κ2) is 8.28. The van der Waals surface area contributed by atoms with Gasteiger partial charge in [0.15, 0.2) is 0 Å². The number of urea groups is 1. The molecule has 1 aromatic carbocycles. The summed E-state index contributed by atoms with van der Waals surface area (Å²) in [6, 6.07) is 5.46. The fourth-order valence-corrected chi connectivity index (χ4v) is 4.40. The molecule has 160 valence electrons. The molecule has 8 nitrogen and oxygen atoms in total. The Hall–Kier alpha value is -2.58. The fourth-order valence-electron chi connectivity index (χ4n) is 4.15. The van der Waals surface area contributed by atoms with Gasteiger partial charge in [0, 0.05) is 25.2 Å². The largest absolute Gasteiger partial charge is 0.376 e. The molecule has 1 saturated heterocycles. The van der Waals surface area contributed by atoms with Crippen LogP contribution in [0, 0.1) is 0 Å². The van der Waals surface area contributed by atoms with Gasteiger partial charge >= 0.3 is 6.03 Å². The van der Waals surface area contributed by atoms with Crippen molar-refractivity contribution in [2.24, 2.45) is 0 Å². The van der Waals surface area contributed by atoms with Crippen LogP contribution in [-0.2, 0) is 14.3 Å². The number of halogens is 1. The lowest BCUT2D eigenvalue weighted by molar-refractivity contribution is -0.136. The molecule has 1 aromatic rings. The minimum Gasteiger partial charge on any atom is -0.376 e. The topological polar surface area (TPSA) is 91.0 Å². The number of likely N-dealkylation sites (N-methyl/N-ethyl adjacent to an activating group) is 1. The fraction of sp³-hybridized carbons (Fsp3) is 0.476. The van der Waals surface area contributed by atoms with E-state index in [1.54, 1.807) is 32.2 Å². The lowest BCUT2D eigenvalue weighted by Gasteiger charge is -2.31. The number of benzene rings is 1. The highest BCUT2D eigenvalue weighted by Crippen LogP contribution is 2.38. The summed E-state index contributed by atoms with van der Waals surface area (Å²) in [5, 5.41) is 6.20. The van der Waals surface area contributed by atoms with Crippen molar-refractivity contribution in [2.45, 2.75) is 38.0 Å². The maximum absolute atomic E-state index is 13.3. The number of rotatable bonds is 5. The SMILES string of the molecule is CC(C(=O)NCC1CCCO1)N1CC2=C(C1=O)C(c1ccccc1Cl)NC(=O)N2C. The quantitative estimate of drug-likeness (QED) is 0.742. The van der Waals surface area contributed by atoms with Gasteiger partial charge in [0.1, 0.15) is 6.04 Å². The van der Waals surface area contributed by atoms with Crippen LogP contribution in [0.3, 0.4) is 0 Å². The summed E-state index contributed by atoms with van der Waals surface area (Å²) in [5.74, 6) is -0.517. The Morgan fingerprint density at radius 2 is 2.13 bits per heavy atom. The lowest BCUT2D eigenvalue weighted by atomic mass is 9.95. The molecule has 9 heteroatoms. The molecule has 0 spiro atoms. The Kier molecular flexibility index (Phi) is 5.71. The van der Waals surface area contributed by atoms with Crippen LogP contribution in [0.25, 0.3) is 0 Å². The van der Waals surface area contributed by atoms with Crippen molar-refractivity contribution < 1.29 is 19.1 Å². The van der Waals surface area contributed by atoms with Gasteiger partial charge in [-0.25, -0.2) is 4.79 Å². The molecule has 1 fully saturated rings. The van der Waals surface area contributed by atoms with Crippen LogP contribution in [0.5, 0.6) is 0 Å². The molecule has 0 aliphatic carbocycles. The monoisotopic (exact) mass is 432 g/mol. The highest BCUT2D eigenvalue weighted by Gasteiger charge is 2.45. The van der Waals surface area contributed by atoms with Crippen LogP contribution >= 0.6 is 11.6 Å². The molecule has 3 aliphatic heterocycles. The molecule has 4 rings (SSSR count). The Labute approximate surface area is 180 Å². The van der Waals surface area contributed by atoms with Gasteiger partial charge in [-0.05, 0) is 31.4 Å². The summed E-state index contributed by atoms with van der Waals surface area (Å²) in [6.45, 7) is 3.03. The predicted octanol–water partition coefficient (Wildman–Crippen LogP) is 1.82. The van der Waals surface area contributed by atoms with Crippen LogP contribution < -0.4 is 10.6 Å². The van der Waals surface area contributed by atoms with Crippen LogP contribution in [0.2, 0.25) is 5.02 Å². The van der Waals surface area contributed by atoms with E-state index in [2.05, 4.69) is 10.6 Å². The summed E-state index contributed by atoms with van der Waals surface area (Å²) >= 11 is 6.34. The third-order valence-electron chi connectivity index (χ3n) is 5.98. The molecule has 0 saturated carbocycles. The summed E-state index contributed by atoms with van der Waals surface area (Å²) in [6.07, 6.45) is 1.94. The molecule has 30 heavy (non-hydrogen) atoms. The Bertz CT molecular complexity index is 912. The average molecular weight is 433 g/mol. The summed E-state index contributed by atoms with van der Waals surface area (Å²) < 4.78 is 5.54. The second-order valence-electron chi connectivity index (χ2n) is 7.81. The summed E-state index contributed by atoms with van der Waals surface area (Å²) in [4.78, 5) is 41.5. The minimum absolute atomic E-state index is 0.0271. The first kappa shape index (κ1) is 20.7. The highest BCUT2D eigenvalue weighted by molar-refractivity contribution is 6.31. The number of carbonyl (C=O) groups is 3. The predicted molar refractivity (Wildman–Crippen MR) is 111 cm³/mol. The van der Waals surface area contributed by atoms with Gasteiger partial charge in [-0.1, -0.05) is 29.8 Å². The molecular weight excluding hydrogens is 408 g/mol. The lowest BCUT2D eigenvalue weighted by Crippen LogP contribution is -2.48. The first-order valence-corrected chi connectivity index (χ1v) is 10.5. The summed E-state index contributed by atoms with van der Waals surface area (Å²) in [5.41, 5.74) is 1.69. The first-order chi connectivity index (χ1) is 14.4. The zero-order valence-corrected chi connectivity index (χ0v) is 17.7. The molecule has 3 unspecified atom stereocenters. The van der Waals surface area contributed by atoms with Gasteiger partial charge in [-0.3, -0.25) is 14.5 Å². The van der Waals surface area contributed by atoms with Gasteiger partial charge in [-0.2, -0.15) is 0 Å². The van der Waals surface area contributed by atoms with E-state index in [0.29, 0.717) is 35.0 Å². The minimum atomic E-state index is -0.681. The number of ether oxygens (including phenoxy) is 1. The van der Waals surface area contributed by atoms with Crippen molar-refractivity contribution in [3.8, 4) is 0 Å². The van der Waals surface area contributed by atoms with E-state index in [9.17, 15) is 14.4 Å². The van der Waals surface area contributed by atoms with Crippen LogP contribution in [0.1, 0.15) is 31.4 Å². The number of hydrogen-bond acceptors (Lipinski definition) is 4. The molecule has 0 aromatic heterocycles. The van der Waals surface area contributed by atoms with Gasteiger partial charge in [-0.15, -0.1) is 0 Å². The molecule has 0 radical (unpaired) electrons. The Balaban J connectivity index is 1.54. The highest BCUT2D eigenvalue weighted by atomic mass is 35.5. The molecule has 4 amide bonds. The standard InChI is InChI=1S/C21H25ClN4O4/c1-12(19(27)23-10-13-6-5-9-30-13)26-11-16-17(20(26)28)18(24-21(29)25(16)2)14-7-3-4-8-15(14)22/h3-4,7-8,12-13,18H,5-6,9-11H2,1-2H3,(H,23,27)(H,24,29). The molecule has 2 N–H and O–H groups in total. The van der Waals surface area contributed by atoms with Crippen LogP contribution in [0.4, 0.5) is 4.79 Å². The summed E-state index contributed by atoms with van der Waals surface area (Å²) in [7, 11) is 1.62. The third-order valence-corrected chi connectivity index (χ3v) is 6.32. The van der Waals surface area contributed by atoms with Crippen molar-refractivity contribution in [3.05, 3.63) is 46.1 Å². The van der Waals surface area contributed by atoms with Gasteiger partial charge < -0.3 is 20.3 Å². The van der Waals surface area contributed by atoms with E-state index < -0.39 is 12.1 Å². The maximum Gasteiger partial charge on any atom is 0.322 e. The molecule has 3 aliphatic rings. The second-order valence-corrected chi connectivity index (χ2v) is 8.22. The van der Waals surface area contributed by atoms with E-state index in [-0.39, 0.29) is 30.5 Å². The zero-order valence-electron chi connectivity index (χ0n) is 17.0. The smallest absolute Gasteiger partial charge is 0.322 e. The number of nitrogens with one attached hydrogen (secondary N) is 2. The Morgan fingerprint density at radius 1 is 1.37 bits per heavy atom. The molecule has 3 heterocycles. The maximum atomic E-state index is 13.3. The van der Waals surface area contributed by atoms with Crippen molar-refractivity contribution in [3.63, 3.8) is 0 Å². The Morgan fingerprint density at radius 3 is 2.83 bits per heavy atom. The first-order valence-electron chi connectivity index (χ1n) is 10.1. The number of amides is 4. The van der Waals surface area contributed by atoms with Crippen molar-refractivity contribution in [1.29, 1.82) is 0 Å². The molecular formula is C21H25ClN4O4. The van der Waals surface area contributed by atoms with E-state index in [4.69, 9.17) is 16.3 Å². The van der Waals surface area contributed by atoms with E-state index >= 15 is 0 Å². The van der Waals surface area contributed by atoms with E-state index in [1.165, 1.54) is 9.80 Å². The van der Waals surface area contributed by atoms with Crippen molar-refractivity contribution in [1.82, 2.24) is 20.4 Å². The molecule has 3 atom stereocenters. The van der Waals surface area contributed by atoms with E-state index in [1.807, 2.05) is 6.07 Å². The van der Waals surface area contributed by atoms with Gasteiger partial charge in [0.05, 0.1) is 30.0 Å². The molecule has 0 bridgehead atoms. The number of hydrogen-bond donors (Lipinski definition) is 2. The van der Waals surface area contributed by atoms with Crippen molar-refractivity contribution in [2.75, 3.05) is 26.7 Å². The number of carbonyl (C=O) groups excluding carboxylic acids is 3. The van der Waals surface area contributed by atoms with Crippen LogP contribution in [-0.4, -0.2) is 66.5 Å². The van der Waals surface area contributed by atoms with E-state index in [0.717, 1.165) is 12.8 Å². The van der Waals surface area contributed by atoms with Gasteiger partial charge in [0.25, 0.3) is 5.91 Å². The van der Waals surface area contributed by atoms with Gasteiger partial charge in [0.2, 0.25) is 5.91 Å². The average Bonchev–Trinajstić information content (AvgIpc) is 3.37. The zero-order chi connectivity index (χ0) is 21.4. The third kappa shape index (κ3) is 3.65. The normalized spacial score (nSPS) is 24.8.